The Kier molecular flexibility index (Phi) is 3.79. The molecule has 0 spiro atoms. The highest BCUT2D eigenvalue weighted by Crippen LogP contribution is 2.21. The molecule has 18 heavy (non-hydrogen) atoms. The van der Waals surface area contributed by atoms with Crippen LogP contribution in [-0.4, -0.2) is 27.2 Å². The van der Waals surface area contributed by atoms with Crippen LogP contribution in [0.3, 0.4) is 0 Å². The second-order valence-electron chi connectivity index (χ2n) is 4.53. The third-order valence-corrected chi connectivity index (χ3v) is 3.15. The van der Waals surface area contributed by atoms with E-state index in [-0.39, 0.29) is 6.04 Å². The lowest BCUT2D eigenvalue weighted by atomic mass is 10.0. The molecule has 2 aromatic rings. The van der Waals surface area contributed by atoms with Crippen molar-refractivity contribution in [3.8, 4) is 0 Å². The van der Waals surface area contributed by atoms with E-state index in [0.29, 0.717) is 6.54 Å². The molecule has 0 fully saturated rings. The maximum absolute atomic E-state index is 10.3. The number of nitrogens with zero attached hydrogens (tertiary/aromatic N) is 2. The summed E-state index contributed by atoms with van der Waals surface area (Å²) < 4.78 is 1.96. The molecule has 2 atom stereocenters. The van der Waals surface area contributed by atoms with Crippen LogP contribution in [0.15, 0.2) is 37.2 Å². The van der Waals surface area contributed by atoms with Crippen LogP contribution in [0.4, 0.5) is 0 Å². The van der Waals surface area contributed by atoms with Crippen molar-refractivity contribution in [3.05, 3.63) is 42.7 Å². The Morgan fingerprint density at radius 2 is 2.33 bits per heavy atom. The van der Waals surface area contributed by atoms with Crippen LogP contribution >= 0.6 is 0 Å². The molecule has 2 rings (SSSR count). The largest absolute Gasteiger partial charge is 0.387 e. The molecule has 2 N–H and O–H groups in total. The van der Waals surface area contributed by atoms with Gasteiger partial charge in [-0.25, -0.2) is 4.98 Å². The average Bonchev–Trinajstić information content (AvgIpc) is 2.76. The first kappa shape index (κ1) is 12.8. The van der Waals surface area contributed by atoms with Gasteiger partial charge in [-0.3, -0.25) is 0 Å². The standard InChI is InChI=1S/C14H19N3O/c1-4-7-15-10(2)14(18)11-5-6-13-12(8-11)16-9-17(13)3/h4-6,8-10,14-15,18H,1,7H2,2-3H3. The first-order chi connectivity index (χ1) is 8.63. The fraction of sp³-hybridized carbons (Fsp3) is 0.357. The maximum atomic E-state index is 10.3. The fourth-order valence-electron chi connectivity index (χ4n) is 2.01. The molecule has 4 heteroatoms. The lowest BCUT2D eigenvalue weighted by Gasteiger charge is -2.20. The van der Waals surface area contributed by atoms with Crippen LogP contribution in [0.1, 0.15) is 18.6 Å². The monoisotopic (exact) mass is 245 g/mol. The Hall–Kier alpha value is -1.65. The van der Waals surface area contributed by atoms with Gasteiger partial charge in [-0.05, 0) is 24.6 Å². The zero-order chi connectivity index (χ0) is 13.1. The van der Waals surface area contributed by atoms with E-state index in [1.54, 1.807) is 12.4 Å². The molecule has 1 aromatic heterocycles. The molecule has 0 amide bonds. The van der Waals surface area contributed by atoms with Crippen LogP contribution in [0.5, 0.6) is 0 Å². The van der Waals surface area contributed by atoms with Gasteiger partial charge in [0.15, 0.2) is 0 Å². The van der Waals surface area contributed by atoms with E-state index in [0.717, 1.165) is 16.6 Å². The van der Waals surface area contributed by atoms with Crippen LogP contribution < -0.4 is 5.32 Å². The number of aliphatic hydroxyl groups is 1. The number of aromatic nitrogens is 2. The molecule has 96 valence electrons. The third-order valence-electron chi connectivity index (χ3n) is 3.15. The zero-order valence-corrected chi connectivity index (χ0v) is 10.8. The molecule has 1 aromatic carbocycles. The fourth-order valence-corrected chi connectivity index (χ4v) is 2.01. The SMILES string of the molecule is C=CCNC(C)C(O)c1ccc2c(c1)ncn2C. The van der Waals surface area contributed by atoms with Gasteiger partial charge < -0.3 is 15.0 Å². The van der Waals surface area contributed by atoms with Crippen LogP contribution in [0, 0.1) is 0 Å². The second kappa shape index (κ2) is 5.33. The summed E-state index contributed by atoms with van der Waals surface area (Å²) in [6, 6.07) is 5.85. The van der Waals surface area contributed by atoms with Crippen LogP contribution in [0.2, 0.25) is 0 Å². The van der Waals surface area contributed by atoms with E-state index in [9.17, 15) is 5.11 Å². The predicted octanol–water partition coefficient (Wildman–Crippen LogP) is 1.77. The predicted molar refractivity (Wildman–Crippen MR) is 73.3 cm³/mol. The summed E-state index contributed by atoms with van der Waals surface area (Å²) in [5.41, 5.74) is 2.85. The van der Waals surface area contributed by atoms with E-state index in [1.165, 1.54) is 0 Å². The maximum Gasteiger partial charge on any atom is 0.0955 e. The van der Waals surface area contributed by atoms with Crippen molar-refractivity contribution >= 4 is 11.0 Å². The summed E-state index contributed by atoms with van der Waals surface area (Å²) in [5.74, 6) is 0. The molecular formula is C14H19N3O. The van der Waals surface area contributed by atoms with E-state index in [4.69, 9.17) is 0 Å². The molecule has 0 bridgehead atoms. The summed E-state index contributed by atoms with van der Waals surface area (Å²) in [6.07, 6.45) is 3.02. The van der Waals surface area contributed by atoms with Gasteiger partial charge in [-0.1, -0.05) is 12.1 Å². The van der Waals surface area contributed by atoms with Crippen molar-refractivity contribution in [2.24, 2.45) is 7.05 Å². The number of hydrogen-bond acceptors (Lipinski definition) is 3. The summed E-state index contributed by atoms with van der Waals surface area (Å²) in [4.78, 5) is 4.30. The number of aryl methyl sites for hydroxylation is 1. The number of hydrogen-bond donors (Lipinski definition) is 2. The van der Waals surface area contributed by atoms with Gasteiger partial charge in [0, 0.05) is 19.6 Å². The number of fused-ring (bicyclic) bond motifs is 1. The lowest BCUT2D eigenvalue weighted by molar-refractivity contribution is 0.138. The van der Waals surface area contributed by atoms with Crippen LogP contribution in [0.25, 0.3) is 11.0 Å². The molecule has 1 heterocycles. The van der Waals surface area contributed by atoms with Gasteiger partial charge in [-0.2, -0.15) is 0 Å². The van der Waals surface area contributed by atoms with Crippen molar-refractivity contribution in [1.29, 1.82) is 0 Å². The van der Waals surface area contributed by atoms with Gasteiger partial charge in [0.05, 0.1) is 23.5 Å². The molecule has 0 saturated heterocycles. The molecule has 0 radical (unpaired) electrons. The summed E-state index contributed by atoms with van der Waals surface area (Å²) in [7, 11) is 1.96. The Morgan fingerprint density at radius 3 is 3.06 bits per heavy atom. The lowest BCUT2D eigenvalue weighted by Crippen LogP contribution is -2.32. The van der Waals surface area contributed by atoms with Gasteiger partial charge >= 0.3 is 0 Å². The van der Waals surface area contributed by atoms with E-state index < -0.39 is 6.10 Å². The number of benzene rings is 1. The molecule has 0 aliphatic heterocycles. The minimum absolute atomic E-state index is 0.0239. The molecule has 2 unspecified atom stereocenters. The Bertz CT molecular complexity index is 547. The number of imidazole rings is 1. The van der Waals surface area contributed by atoms with E-state index in [2.05, 4.69) is 16.9 Å². The third kappa shape index (κ3) is 2.44. The minimum atomic E-state index is -0.545. The smallest absolute Gasteiger partial charge is 0.0955 e. The summed E-state index contributed by atoms with van der Waals surface area (Å²) >= 11 is 0. The second-order valence-corrected chi connectivity index (χ2v) is 4.53. The molecule has 4 nitrogen and oxygen atoms in total. The summed E-state index contributed by atoms with van der Waals surface area (Å²) in [6.45, 7) is 6.29. The molecule has 0 saturated carbocycles. The number of rotatable bonds is 5. The van der Waals surface area contributed by atoms with Crippen molar-refractivity contribution in [1.82, 2.24) is 14.9 Å². The van der Waals surface area contributed by atoms with Crippen molar-refractivity contribution in [2.45, 2.75) is 19.1 Å². The average molecular weight is 245 g/mol. The van der Waals surface area contributed by atoms with Crippen molar-refractivity contribution in [3.63, 3.8) is 0 Å². The van der Waals surface area contributed by atoms with Crippen LogP contribution in [-0.2, 0) is 7.05 Å². The van der Waals surface area contributed by atoms with Crippen molar-refractivity contribution < 1.29 is 5.11 Å². The molecule has 0 aliphatic carbocycles. The Morgan fingerprint density at radius 1 is 1.56 bits per heavy atom. The summed E-state index contributed by atoms with van der Waals surface area (Å²) in [5, 5.41) is 13.4. The number of aliphatic hydroxyl groups excluding tert-OH is 1. The zero-order valence-electron chi connectivity index (χ0n) is 10.8. The van der Waals surface area contributed by atoms with Gasteiger partial charge in [0.1, 0.15) is 0 Å². The van der Waals surface area contributed by atoms with Gasteiger partial charge in [0.25, 0.3) is 0 Å². The first-order valence-corrected chi connectivity index (χ1v) is 6.07. The molecule has 0 aliphatic rings. The molecular weight excluding hydrogens is 226 g/mol. The first-order valence-electron chi connectivity index (χ1n) is 6.07. The minimum Gasteiger partial charge on any atom is -0.387 e. The number of nitrogens with one attached hydrogen (secondary N) is 1. The Labute approximate surface area is 107 Å². The van der Waals surface area contributed by atoms with Gasteiger partial charge in [-0.15, -0.1) is 6.58 Å². The highest BCUT2D eigenvalue weighted by molar-refractivity contribution is 5.76. The highest BCUT2D eigenvalue weighted by Gasteiger charge is 2.16. The normalized spacial score (nSPS) is 14.6. The van der Waals surface area contributed by atoms with E-state index >= 15 is 0 Å². The van der Waals surface area contributed by atoms with E-state index in [1.807, 2.05) is 36.7 Å². The quantitative estimate of drug-likeness (QED) is 0.789. The topological polar surface area (TPSA) is 50.1 Å². The van der Waals surface area contributed by atoms with Gasteiger partial charge in [0.2, 0.25) is 0 Å². The Balaban J connectivity index is 2.22. The van der Waals surface area contributed by atoms with Crippen molar-refractivity contribution in [2.75, 3.05) is 6.54 Å². The highest BCUT2D eigenvalue weighted by atomic mass is 16.3.